The summed E-state index contributed by atoms with van der Waals surface area (Å²) in [6, 6.07) is 7.79. The average Bonchev–Trinajstić information content (AvgIpc) is 3.20. The van der Waals surface area contributed by atoms with E-state index in [9.17, 15) is 9.59 Å². The summed E-state index contributed by atoms with van der Waals surface area (Å²) in [6.07, 6.45) is 6.91. The van der Waals surface area contributed by atoms with Crippen molar-refractivity contribution < 1.29 is 4.79 Å². The smallest absolute Gasteiger partial charge is 0.270 e. The second kappa shape index (κ2) is 7.06. The molecule has 0 aliphatic carbocycles. The van der Waals surface area contributed by atoms with Gasteiger partial charge in [-0.2, -0.15) is 0 Å². The molecule has 0 atom stereocenters. The number of anilines is 2. The Morgan fingerprint density at radius 1 is 1.07 bits per heavy atom. The summed E-state index contributed by atoms with van der Waals surface area (Å²) in [5.74, 6) is 1.09. The molecule has 1 fully saturated rings. The molecular weight excluding hydrogens is 366 g/mol. The number of hydrogen-bond donors (Lipinski definition) is 1. The largest absolute Gasteiger partial charge is 0.337 e. The van der Waals surface area contributed by atoms with E-state index < -0.39 is 0 Å². The van der Waals surface area contributed by atoms with Gasteiger partial charge < -0.3 is 19.4 Å². The summed E-state index contributed by atoms with van der Waals surface area (Å²) in [4.78, 5) is 37.2. The maximum absolute atomic E-state index is 12.9. The quantitative estimate of drug-likeness (QED) is 0.729. The van der Waals surface area contributed by atoms with E-state index in [0.717, 1.165) is 56.8 Å². The Kier molecular flexibility index (Phi) is 4.38. The molecule has 5 rings (SSSR count). The SMILES string of the molecule is Cn1cnc2cc(N3CCCc4cc(C(=O)N5CCCCC5)[nH]c43)ccc2c1=O. The number of fused-ring (bicyclic) bond motifs is 2. The van der Waals surface area contributed by atoms with Crippen molar-refractivity contribution in [2.24, 2.45) is 7.05 Å². The summed E-state index contributed by atoms with van der Waals surface area (Å²) in [7, 11) is 1.71. The molecule has 2 aliphatic heterocycles. The van der Waals surface area contributed by atoms with Gasteiger partial charge >= 0.3 is 0 Å². The van der Waals surface area contributed by atoms with Crippen LogP contribution in [-0.2, 0) is 13.5 Å². The number of hydrogen-bond acceptors (Lipinski definition) is 4. The van der Waals surface area contributed by atoms with Crippen LogP contribution < -0.4 is 10.5 Å². The first-order chi connectivity index (χ1) is 14.1. The number of nitrogens with zero attached hydrogens (tertiary/aromatic N) is 4. The number of piperidine rings is 1. The van der Waals surface area contributed by atoms with E-state index in [1.807, 2.05) is 29.2 Å². The van der Waals surface area contributed by atoms with Gasteiger partial charge in [0.2, 0.25) is 0 Å². The topological polar surface area (TPSA) is 74.2 Å². The van der Waals surface area contributed by atoms with E-state index in [1.54, 1.807) is 13.4 Å². The van der Waals surface area contributed by atoms with Crippen LogP contribution in [-0.4, -0.2) is 45.0 Å². The van der Waals surface area contributed by atoms with Gasteiger partial charge in [0.05, 0.1) is 17.2 Å². The summed E-state index contributed by atoms with van der Waals surface area (Å²) >= 11 is 0. The van der Waals surface area contributed by atoms with Crippen LogP contribution in [0.4, 0.5) is 11.5 Å². The van der Waals surface area contributed by atoms with Gasteiger partial charge in [-0.25, -0.2) is 4.98 Å². The van der Waals surface area contributed by atoms with Gasteiger partial charge in [-0.1, -0.05) is 0 Å². The highest BCUT2D eigenvalue weighted by Gasteiger charge is 2.26. The molecule has 0 saturated carbocycles. The third-order valence-electron chi connectivity index (χ3n) is 6.06. The molecule has 7 heteroatoms. The summed E-state index contributed by atoms with van der Waals surface area (Å²) in [6.45, 7) is 2.55. The summed E-state index contributed by atoms with van der Waals surface area (Å²) in [5.41, 5.74) is 3.48. The van der Waals surface area contributed by atoms with Crippen LogP contribution in [0.5, 0.6) is 0 Å². The van der Waals surface area contributed by atoms with Crippen LogP contribution in [0, 0.1) is 0 Å². The highest BCUT2D eigenvalue weighted by atomic mass is 16.2. The van der Waals surface area contributed by atoms with Crippen molar-refractivity contribution in [2.75, 3.05) is 24.5 Å². The molecule has 0 radical (unpaired) electrons. The molecule has 1 saturated heterocycles. The van der Waals surface area contributed by atoms with Gasteiger partial charge in [0.25, 0.3) is 11.5 Å². The molecule has 1 aromatic carbocycles. The standard InChI is InChI=1S/C22H25N5O2/c1-25-14-23-18-13-16(7-8-17(18)21(25)28)27-11-5-6-15-12-19(24-20(15)27)22(29)26-9-3-2-4-10-26/h7-8,12-14,24H,2-6,9-11H2,1H3. The minimum atomic E-state index is -0.0461. The fourth-order valence-corrected chi connectivity index (χ4v) is 4.46. The first kappa shape index (κ1) is 18.0. The Labute approximate surface area is 169 Å². The molecule has 0 bridgehead atoms. The number of likely N-dealkylation sites (tertiary alicyclic amines) is 1. The van der Waals surface area contributed by atoms with Crippen molar-refractivity contribution in [3.05, 3.63) is 52.2 Å². The summed E-state index contributed by atoms with van der Waals surface area (Å²) < 4.78 is 1.49. The van der Waals surface area contributed by atoms with E-state index in [0.29, 0.717) is 16.6 Å². The number of nitrogens with one attached hydrogen (secondary N) is 1. The predicted molar refractivity (Wildman–Crippen MR) is 113 cm³/mol. The Balaban J connectivity index is 1.50. The maximum Gasteiger partial charge on any atom is 0.270 e. The number of amides is 1. The Morgan fingerprint density at radius 2 is 1.90 bits per heavy atom. The Bertz CT molecular complexity index is 1140. The molecular formula is C22H25N5O2. The number of rotatable bonds is 2. The van der Waals surface area contributed by atoms with E-state index >= 15 is 0 Å². The van der Waals surface area contributed by atoms with E-state index in [4.69, 9.17) is 0 Å². The van der Waals surface area contributed by atoms with E-state index in [2.05, 4.69) is 14.9 Å². The van der Waals surface area contributed by atoms with Crippen molar-refractivity contribution in [2.45, 2.75) is 32.1 Å². The number of benzene rings is 1. The molecule has 29 heavy (non-hydrogen) atoms. The Hall–Kier alpha value is -3.09. The fraction of sp³-hybridized carbons (Fsp3) is 0.409. The minimum Gasteiger partial charge on any atom is -0.337 e. The lowest BCUT2D eigenvalue weighted by molar-refractivity contribution is 0.0719. The van der Waals surface area contributed by atoms with Crippen molar-refractivity contribution in [1.82, 2.24) is 19.4 Å². The van der Waals surface area contributed by atoms with Gasteiger partial charge in [0, 0.05) is 32.4 Å². The first-order valence-electron chi connectivity index (χ1n) is 10.4. The van der Waals surface area contributed by atoms with Crippen LogP contribution in [0.15, 0.2) is 35.4 Å². The third kappa shape index (κ3) is 3.10. The predicted octanol–water partition coefficient (Wildman–Crippen LogP) is 2.97. The fourth-order valence-electron chi connectivity index (χ4n) is 4.46. The lowest BCUT2D eigenvalue weighted by atomic mass is 10.1. The highest BCUT2D eigenvalue weighted by Crippen LogP contribution is 2.34. The van der Waals surface area contributed by atoms with Gasteiger partial charge in [-0.15, -0.1) is 0 Å². The maximum atomic E-state index is 12.9. The lowest BCUT2D eigenvalue weighted by Gasteiger charge is -2.29. The van der Waals surface area contributed by atoms with Gasteiger partial charge in [0.1, 0.15) is 11.5 Å². The molecule has 0 unspecified atom stereocenters. The van der Waals surface area contributed by atoms with Crippen LogP contribution in [0.25, 0.3) is 10.9 Å². The first-order valence-corrected chi connectivity index (χ1v) is 10.4. The molecule has 1 N–H and O–H groups in total. The number of carbonyl (C=O) groups excluding carboxylic acids is 1. The number of aromatic nitrogens is 3. The normalized spacial score (nSPS) is 16.9. The van der Waals surface area contributed by atoms with Gasteiger partial charge in [-0.3, -0.25) is 9.59 Å². The molecule has 150 valence electrons. The molecule has 4 heterocycles. The average molecular weight is 391 g/mol. The number of carbonyl (C=O) groups is 1. The van der Waals surface area contributed by atoms with Crippen LogP contribution in [0.2, 0.25) is 0 Å². The molecule has 3 aromatic rings. The molecule has 1 amide bonds. The molecule has 0 spiro atoms. The van der Waals surface area contributed by atoms with Crippen LogP contribution in [0.1, 0.15) is 41.7 Å². The minimum absolute atomic E-state index is 0.0461. The molecule has 2 aromatic heterocycles. The zero-order chi connectivity index (χ0) is 20.0. The van der Waals surface area contributed by atoms with Gasteiger partial charge in [0.15, 0.2) is 0 Å². The van der Waals surface area contributed by atoms with Crippen molar-refractivity contribution >= 4 is 28.3 Å². The van der Waals surface area contributed by atoms with Crippen LogP contribution in [0.3, 0.4) is 0 Å². The van der Waals surface area contributed by atoms with Crippen molar-refractivity contribution in [3.8, 4) is 0 Å². The van der Waals surface area contributed by atoms with E-state index in [1.165, 1.54) is 16.6 Å². The second-order valence-electron chi connectivity index (χ2n) is 8.03. The zero-order valence-corrected chi connectivity index (χ0v) is 16.6. The highest BCUT2D eigenvalue weighted by molar-refractivity contribution is 5.94. The number of H-pyrrole nitrogens is 1. The van der Waals surface area contributed by atoms with E-state index in [-0.39, 0.29) is 11.5 Å². The van der Waals surface area contributed by atoms with Crippen molar-refractivity contribution in [3.63, 3.8) is 0 Å². The van der Waals surface area contributed by atoms with Crippen LogP contribution >= 0.6 is 0 Å². The zero-order valence-electron chi connectivity index (χ0n) is 16.6. The molecule has 2 aliphatic rings. The van der Waals surface area contributed by atoms with Gasteiger partial charge in [-0.05, 0) is 61.9 Å². The Morgan fingerprint density at radius 3 is 2.72 bits per heavy atom. The third-order valence-corrected chi connectivity index (χ3v) is 6.06. The lowest BCUT2D eigenvalue weighted by Crippen LogP contribution is -2.35. The number of aryl methyl sites for hydroxylation is 2. The van der Waals surface area contributed by atoms with Crippen molar-refractivity contribution in [1.29, 1.82) is 0 Å². The molecule has 7 nitrogen and oxygen atoms in total. The summed E-state index contributed by atoms with van der Waals surface area (Å²) in [5, 5.41) is 0.614. The second-order valence-corrected chi connectivity index (χ2v) is 8.03. The number of aromatic amines is 1. The monoisotopic (exact) mass is 391 g/mol.